The number of likely N-dealkylation sites (N-methyl/N-ethyl adjacent to an activating group) is 1. The maximum atomic E-state index is 11.3. The fourth-order valence-electron chi connectivity index (χ4n) is 1.77. The number of hydrogen-bond donors (Lipinski definition) is 2. The van der Waals surface area contributed by atoms with Crippen molar-refractivity contribution in [3.63, 3.8) is 0 Å². The molecular weight excluding hydrogens is 168 g/mol. The van der Waals surface area contributed by atoms with Gasteiger partial charge in [0.15, 0.2) is 0 Å². The average molecular weight is 180 g/mol. The molecule has 1 aliphatic rings. The van der Waals surface area contributed by atoms with Gasteiger partial charge in [0.25, 0.3) is 0 Å². The average Bonchev–Trinajstić information content (AvgIpc) is 2.63. The van der Waals surface area contributed by atoms with Crippen LogP contribution in [0.1, 0.15) is 18.2 Å². The summed E-state index contributed by atoms with van der Waals surface area (Å²) in [6.45, 7) is 0. The van der Waals surface area contributed by atoms with Crippen molar-refractivity contribution in [2.45, 2.75) is 18.5 Å². The fraction of sp³-hybridized carbons (Fsp3) is 0.500. The number of nitrogens with two attached hydrogens (primary N) is 1. The van der Waals surface area contributed by atoms with Crippen LogP contribution in [0.4, 0.5) is 0 Å². The molecule has 5 heteroatoms. The maximum absolute atomic E-state index is 11.3. The van der Waals surface area contributed by atoms with Gasteiger partial charge in [-0.1, -0.05) is 0 Å². The summed E-state index contributed by atoms with van der Waals surface area (Å²) in [7, 11) is 1.76. The van der Waals surface area contributed by atoms with E-state index < -0.39 is 0 Å². The second kappa shape index (κ2) is 2.85. The molecule has 2 rings (SSSR count). The number of nitrogens with one attached hydrogen (secondary N) is 1. The summed E-state index contributed by atoms with van der Waals surface area (Å²) >= 11 is 0. The second-order valence-electron chi connectivity index (χ2n) is 3.32. The van der Waals surface area contributed by atoms with Crippen LogP contribution in [0, 0.1) is 0 Å². The van der Waals surface area contributed by atoms with Crippen molar-refractivity contribution in [1.29, 1.82) is 0 Å². The molecule has 1 aliphatic heterocycles. The number of aromatic amines is 1. The number of amides is 1. The van der Waals surface area contributed by atoms with E-state index in [4.69, 9.17) is 5.73 Å². The van der Waals surface area contributed by atoms with Crippen molar-refractivity contribution < 1.29 is 4.79 Å². The van der Waals surface area contributed by atoms with E-state index in [-0.39, 0.29) is 18.0 Å². The van der Waals surface area contributed by atoms with Gasteiger partial charge in [0, 0.05) is 19.5 Å². The molecule has 5 nitrogen and oxygen atoms in total. The van der Waals surface area contributed by atoms with E-state index in [0.29, 0.717) is 6.42 Å². The molecule has 2 atom stereocenters. The van der Waals surface area contributed by atoms with Gasteiger partial charge in [-0.2, -0.15) is 0 Å². The predicted molar refractivity (Wildman–Crippen MR) is 46.7 cm³/mol. The lowest BCUT2D eigenvalue weighted by Crippen LogP contribution is -2.30. The van der Waals surface area contributed by atoms with Crippen molar-refractivity contribution in [3.05, 3.63) is 18.2 Å². The Balaban J connectivity index is 2.29. The molecule has 1 aromatic heterocycles. The Morgan fingerprint density at radius 1 is 1.77 bits per heavy atom. The third kappa shape index (κ3) is 1.21. The molecule has 0 spiro atoms. The van der Waals surface area contributed by atoms with Gasteiger partial charge >= 0.3 is 0 Å². The van der Waals surface area contributed by atoms with Gasteiger partial charge in [0.2, 0.25) is 5.91 Å². The van der Waals surface area contributed by atoms with E-state index in [9.17, 15) is 4.79 Å². The van der Waals surface area contributed by atoms with E-state index in [1.54, 1.807) is 24.5 Å². The third-order valence-corrected chi connectivity index (χ3v) is 2.46. The number of carbonyl (C=O) groups excluding carboxylic acids is 1. The first-order chi connectivity index (χ1) is 6.20. The van der Waals surface area contributed by atoms with Crippen LogP contribution in [-0.4, -0.2) is 33.9 Å². The van der Waals surface area contributed by atoms with Crippen LogP contribution in [-0.2, 0) is 4.79 Å². The SMILES string of the molecule is CN1C(=O)CC(N)C1c1cnc[nH]1. The van der Waals surface area contributed by atoms with Gasteiger partial charge in [0.05, 0.1) is 24.3 Å². The van der Waals surface area contributed by atoms with E-state index in [1.165, 1.54) is 0 Å². The van der Waals surface area contributed by atoms with Crippen molar-refractivity contribution in [2.75, 3.05) is 7.05 Å². The minimum absolute atomic E-state index is 0.0463. The van der Waals surface area contributed by atoms with Gasteiger partial charge < -0.3 is 15.6 Å². The topological polar surface area (TPSA) is 75.0 Å². The first-order valence-electron chi connectivity index (χ1n) is 4.19. The molecule has 1 saturated heterocycles. The summed E-state index contributed by atoms with van der Waals surface area (Å²) < 4.78 is 0. The number of aromatic nitrogens is 2. The summed E-state index contributed by atoms with van der Waals surface area (Å²) in [6, 6.07) is -0.173. The van der Waals surface area contributed by atoms with Crippen molar-refractivity contribution in [2.24, 2.45) is 5.73 Å². The highest BCUT2D eigenvalue weighted by molar-refractivity contribution is 5.79. The Kier molecular flexibility index (Phi) is 1.81. The largest absolute Gasteiger partial charge is 0.347 e. The normalized spacial score (nSPS) is 28.5. The molecule has 2 heterocycles. The Bertz CT molecular complexity index is 308. The van der Waals surface area contributed by atoms with Crippen molar-refractivity contribution in [3.8, 4) is 0 Å². The van der Waals surface area contributed by atoms with E-state index in [2.05, 4.69) is 9.97 Å². The number of rotatable bonds is 1. The number of imidazole rings is 1. The predicted octanol–water partition coefficient (Wildman–Crippen LogP) is -0.360. The van der Waals surface area contributed by atoms with Crippen LogP contribution in [0.5, 0.6) is 0 Å². The molecule has 1 fully saturated rings. The van der Waals surface area contributed by atoms with E-state index in [0.717, 1.165) is 5.69 Å². The highest BCUT2D eigenvalue weighted by atomic mass is 16.2. The van der Waals surface area contributed by atoms with Crippen molar-refractivity contribution in [1.82, 2.24) is 14.9 Å². The summed E-state index contributed by atoms with van der Waals surface area (Å²) in [5.41, 5.74) is 6.74. The molecule has 3 N–H and O–H groups in total. The highest BCUT2D eigenvalue weighted by Gasteiger charge is 2.36. The monoisotopic (exact) mass is 180 g/mol. The molecule has 0 radical (unpaired) electrons. The molecule has 1 aromatic rings. The quantitative estimate of drug-likeness (QED) is 0.619. The highest BCUT2D eigenvalue weighted by Crippen LogP contribution is 2.28. The zero-order valence-corrected chi connectivity index (χ0v) is 7.40. The zero-order valence-electron chi connectivity index (χ0n) is 7.40. The second-order valence-corrected chi connectivity index (χ2v) is 3.32. The summed E-state index contributed by atoms with van der Waals surface area (Å²) in [6.07, 6.45) is 3.72. The Morgan fingerprint density at radius 3 is 3.00 bits per heavy atom. The summed E-state index contributed by atoms with van der Waals surface area (Å²) in [5, 5.41) is 0. The molecule has 2 unspecified atom stereocenters. The van der Waals surface area contributed by atoms with Gasteiger partial charge in [-0.15, -0.1) is 0 Å². The zero-order chi connectivity index (χ0) is 9.42. The van der Waals surface area contributed by atoms with Gasteiger partial charge in [-0.05, 0) is 0 Å². The molecule has 0 saturated carbocycles. The fourth-order valence-corrected chi connectivity index (χ4v) is 1.77. The molecule has 0 aliphatic carbocycles. The smallest absolute Gasteiger partial charge is 0.224 e. The number of likely N-dealkylation sites (tertiary alicyclic amines) is 1. The molecule has 0 aromatic carbocycles. The lowest BCUT2D eigenvalue weighted by Gasteiger charge is -2.20. The Labute approximate surface area is 75.9 Å². The van der Waals surface area contributed by atoms with Crippen LogP contribution >= 0.6 is 0 Å². The van der Waals surface area contributed by atoms with Gasteiger partial charge in [-0.25, -0.2) is 4.98 Å². The van der Waals surface area contributed by atoms with Crippen LogP contribution in [0.15, 0.2) is 12.5 Å². The van der Waals surface area contributed by atoms with E-state index in [1.807, 2.05) is 0 Å². The first-order valence-corrected chi connectivity index (χ1v) is 4.19. The molecular formula is C8H12N4O. The Hall–Kier alpha value is -1.36. The number of carbonyl (C=O) groups is 1. The third-order valence-electron chi connectivity index (χ3n) is 2.46. The molecule has 0 bridgehead atoms. The summed E-state index contributed by atoms with van der Waals surface area (Å²) in [4.78, 5) is 19.9. The molecule has 13 heavy (non-hydrogen) atoms. The minimum Gasteiger partial charge on any atom is -0.347 e. The lowest BCUT2D eigenvalue weighted by molar-refractivity contribution is -0.127. The van der Waals surface area contributed by atoms with Crippen LogP contribution < -0.4 is 5.73 Å². The van der Waals surface area contributed by atoms with Gasteiger partial charge in [0.1, 0.15) is 0 Å². The first kappa shape index (κ1) is 8.25. The molecule has 1 amide bonds. The Morgan fingerprint density at radius 2 is 2.54 bits per heavy atom. The van der Waals surface area contributed by atoms with Crippen LogP contribution in [0.2, 0.25) is 0 Å². The summed E-state index contributed by atoms with van der Waals surface area (Å²) in [5.74, 6) is 0.0899. The maximum Gasteiger partial charge on any atom is 0.224 e. The van der Waals surface area contributed by atoms with Crippen LogP contribution in [0.3, 0.4) is 0 Å². The number of hydrogen-bond acceptors (Lipinski definition) is 3. The number of nitrogens with zero attached hydrogens (tertiary/aromatic N) is 2. The standard InChI is InChI=1S/C8H12N4O/c1-12-7(13)2-5(9)8(12)6-3-10-4-11-6/h3-5,8H,2,9H2,1H3,(H,10,11). The lowest BCUT2D eigenvalue weighted by atomic mass is 10.1. The van der Waals surface area contributed by atoms with Gasteiger partial charge in [-0.3, -0.25) is 4.79 Å². The minimum atomic E-state index is -0.127. The van der Waals surface area contributed by atoms with Crippen molar-refractivity contribution >= 4 is 5.91 Å². The van der Waals surface area contributed by atoms with E-state index >= 15 is 0 Å². The van der Waals surface area contributed by atoms with Crippen LogP contribution in [0.25, 0.3) is 0 Å². The number of H-pyrrole nitrogens is 1. The molecule has 70 valence electrons.